The van der Waals surface area contributed by atoms with Crippen LogP contribution in [-0.2, 0) is 7.05 Å². The van der Waals surface area contributed by atoms with E-state index in [1.54, 1.807) is 6.07 Å². The summed E-state index contributed by atoms with van der Waals surface area (Å²) in [6, 6.07) is 4.55. The fourth-order valence-electron chi connectivity index (χ4n) is 2.29. The second kappa shape index (κ2) is 3.74. The Bertz CT molecular complexity index is 555. The van der Waals surface area contributed by atoms with Gasteiger partial charge >= 0.3 is 0 Å². The highest BCUT2D eigenvalue weighted by atomic mass is 19.1. The summed E-state index contributed by atoms with van der Waals surface area (Å²) in [6.45, 7) is 4.05. The molecule has 2 nitrogen and oxygen atoms in total. The number of fused-ring (bicyclic) bond motifs is 1. The van der Waals surface area contributed by atoms with E-state index in [-0.39, 0.29) is 11.7 Å². The van der Waals surface area contributed by atoms with Gasteiger partial charge in [0, 0.05) is 29.2 Å². The van der Waals surface area contributed by atoms with E-state index >= 15 is 0 Å². The van der Waals surface area contributed by atoms with Crippen LogP contribution < -0.4 is 0 Å². The second-order valence-electron chi connectivity index (χ2n) is 4.29. The van der Waals surface area contributed by atoms with Gasteiger partial charge in [0.15, 0.2) is 6.29 Å². The summed E-state index contributed by atoms with van der Waals surface area (Å²) in [4.78, 5) is 11.1. The maximum absolute atomic E-state index is 13.2. The second-order valence-corrected chi connectivity index (χ2v) is 4.29. The molecule has 0 N–H and O–H groups in total. The van der Waals surface area contributed by atoms with Gasteiger partial charge in [-0.05, 0) is 24.1 Å². The van der Waals surface area contributed by atoms with Gasteiger partial charge in [0.2, 0.25) is 0 Å². The lowest BCUT2D eigenvalue weighted by atomic mass is 10.0. The number of rotatable bonds is 2. The highest BCUT2D eigenvalue weighted by Crippen LogP contribution is 2.29. The number of hydrogen-bond donors (Lipinski definition) is 0. The number of carbonyl (C=O) groups is 1. The molecule has 0 aliphatic carbocycles. The van der Waals surface area contributed by atoms with Crippen molar-refractivity contribution >= 4 is 17.2 Å². The summed E-state index contributed by atoms with van der Waals surface area (Å²) in [5.41, 5.74) is 2.45. The number of aromatic nitrogens is 1. The number of nitrogens with zero attached hydrogens (tertiary/aromatic N) is 1. The van der Waals surface area contributed by atoms with Gasteiger partial charge in [0.1, 0.15) is 5.82 Å². The summed E-state index contributed by atoms with van der Waals surface area (Å²) < 4.78 is 15.1. The smallest absolute Gasteiger partial charge is 0.152 e. The van der Waals surface area contributed by atoms with Crippen LogP contribution in [0, 0.1) is 5.82 Å². The minimum absolute atomic E-state index is 0.237. The molecule has 0 saturated carbocycles. The molecule has 0 saturated heterocycles. The summed E-state index contributed by atoms with van der Waals surface area (Å²) >= 11 is 0. The standard InChI is InChI=1S/C13H14FNO/c1-8(2)13-11(7-16)10-6-9(14)4-5-12(10)15(13)3/h4-8H,1-3H3. The predicted octanol–water partition coefficient (Wildman–Crippen LogP) is 3.25. The van der Waals surface area contributed by atoms with Crippen molar-refractivity contribution in [3.05, 3.63) is 35.3 Å². The molecular formula is C13H14FNO. The third-order valence-corrected chi connectivity index (χ3v) is 2.91. The van der Waals surface area contributed by atoms with E-state index in [0.717, 1.165) is 17.5 Å². The fraction of sp³-hybridized carbons (Fsp3) is 0.308. The first-order valence-electron chi connectivity index (χ1n) is 5.29. The van der Waals surface area contributed by atoms with Gasteiger partial charge < -0.3 is 4.57 Å². The predicted molar refractivity (Wildman–Crippen MR) is 62.4 cm³/mol. The number of carbonyl (C=O) groups excluding carboxylic acids is 1. The summed E-state index contributed by atoms with van der Waals surface area (Å²) in [5, 5.41) is 0.696. The lowest BCUT2D eigenvalue weighted by molar-refractivity contribution is 0.112. The number of benzene rings is 1. The van der Waals surface area contributed by atoms with Gasteiger partial charge in [-0.15, -0.1) is 0 Å². The topological polar surface area (TPSA) is 22.0 Å². The van der Waals surface area contributed by atoms with E-state index < -0.39 is 0 Å². The Kier molecular flexibility index (Phi) is 2.54. The van der Waals surface area contributed by atoms with Crippen molar-refractivity contribution in [2.75, 3.05) is 0 Å². The van der Waals surface area contributed by atoms with Crippen LogP contribution >= 0.6 is 0 Å². The van der Waals surface area contributed by atoms with Gasteiger partial charge in [-0.2, -0.15) is 0 Å². The van der Waals surface area contributed by atoms with Crippen LogP contribution in [0.2, 0.25) is 0 Å². The van der Waals surface area contributed by atoms with Crippen LogP contribution in [0.3, 0.4) is 0 Å². The first-order valence-corrected chi connectivity index (χ1v) is 5.29. The number of aryl methyl sites for hydroxylation is 1. The van der Waals surface area contributed by atoms with Gasteiger partial charge in [0.05, 0.1) is 0 Å². The molecule has 3 heteroatoms. The molecular weight excluding hydrogens is 205 g/mol. The molecule has 1 aromatic heterocycles. The molecule has 1 aromatic carbocycles. The van der Waals surface area contributed by atoms with Gasteiger partial charge in [-0.1, -0.05) is 13.8 Å². The van der Waals surface area contributed by atoms with E-state index in [4.69, 9.17) is 0 Å². The molecule has 1 heterocycles. The molecule has 2 rings (SSSR count). The average Bonchev–Trinajstić information content (AvgIpc) is 2.50. The maximum Gasteiger partial charge on any atom is 0.152 e. The van der Waals surface area contributed by atoms with Crippen molar-refractivity contribution < 1.29 is 9.18 Å². The van der Waals surface area contributed by atoms with Crippen LogP contribution in [0.15, 0.2) is 18.2 Å². The molecule has 0 unspecified atom stereocenters. The fourth-order valence-corrected chi connectivity index (χ4v) is 2.29. The quantitative estimate of drug-likeness (QED) is 0.710. The van der Waals surface area contributed by atoms with E-state index in [2.05, 4.69) is 0 Å². The van der Waals surface area contributed by atoms with Crippen molar-refractivity contribution in [3.8, 4) is 0 Å². The monoisotopic (exact) mass is 219 g/mol. The number of hydrogen-bond acceptors (Lipinski definition) is 1. The zero-order valence-electron chi connectivity index (χ0n) is 9.62. The molecule has 2 aromatic rings. The van der Waals surface area contributed by atoms with E-state index in [1.807, 2.05) is 25.5 Å². The molecule has 84 valence electrons. The molecule has 0 aliphatic heterocycles. The molecule has 0 aliphatic rings. The highest BCUT2D eigenvalue weighted by molar-refractivity contribution is 5.99. The van der Waals surface area contributed by atoms with E-state index in [0.29, 0.717) is 10.9 Å². The SMILES string of the molecule is CC(C)c1c(C=O)c2cc(F)ccc2n1C. The van der Waals surface area contributed by atoms with Crippen molar-refractivity contribution in [1.29, 1.82) is 0 Å². The molecule has 0 amide bonds. The Labute approximate surface area is 93.7 Å². The normalized spacial score (nSPS) is 11.3. The molecule has 16 heavy (non-hydrogen) atoms. The van der Waals surface area contributed by atoms with Crippen LogP contribution in [-0.4, -0.2) is 10.9 Å². The van der Waals surface area contributed by atoms with Crippen molar-refractivity contribution in [2.45, 2.75) is 19.8 Å². The Morgan fingerprint density at radius 1 is 1.38 bits per heavy atom. The molecule has 0 bridgehead atoms. The third kappa shape index (κ3) is 1.43. The summed E-state index contributed by atoms with van der Waals surface area (Å²) in [6.07, 6.45) is 0.817. The Morgan fingerprint density at radius 2 is 2.06 bits per heavy atom. The highest BCUT2D eigenvalue weighted by Gasteiger charge is 2.17. The third-order valence-electron chi connectivity index (χ3n) is 2.91. The minimum atomic E-state index is -0.309. The van der Waals surface area contributed by atoms with Crippen LogP contribution in [0.1, 0.15) is 35.8 Å². The Morgan fingerprint density at radius 3 is 2.62 bits per heavy atom. The molecule has 0 radical (unpaired) electrons. The average molecular weight is 219 g/mol. The maximum atomic E-state index is 13.2. The van der Waals surface area contributed by atoms with Crippen LogP contribution in [0.25, 0.3) is 10.9 Å². The van der Waals surface area contributed by atoms with Gasteiger partial charge in [0.25, 0.3) is 0 Å². The van der Waals surface area contributed by atoms with Crippen molar-refractivity contribution in [2.24, 2.45) is 7.05 Å². The molecule has 0 spiro atoms. The first kappa shape index (κ1) is 10.9. The molecule has 0 fully saturated rings. The lowest BCUT2D eigenvalue weighted by Gasteiger charge is -2.08. The largest absolute Gasteiger partial charge is 0.347 e. The van der Waals surface area contributed by atoms with E-state index in [1.165, 1.54) is 12.1 Å². The number of halogens is 1. The summed E-state index contributed by atoms with van der Waals surface area (Å²) in [5.74, 6) is -0.0721. The van der Waals surface area contributed by atoms with E-state index in [9.17, 15) is 9.18 Å². The lowest BCUT2D eigenvalue weighted by Crippen LogP contribution is -2.00. The van der Waals surface area contributed by atoms with Gasteiger partial charge in [-0.25, -0.2) is 4.39 Å². The first-order chi connectivity index (χ1) is 7.56. The Hall–Kier alpha value is -1.64. The van der Waals surface area contributed by atoms with Crippen molar-refractivity contribution in [1.82, 2.24) is 4.57 Å². The van der Waals surface area contributed by atoms with Crippen LogP contribution in [0.4, 0.5) is 4.39 Å². The summed E-state index contributed by atoms with van der Waals surface area (Å²) in [7, 11) is 1.91. The zero-order valence-corrected chi connectivity index (χ0v) is 9.62. The van der Waals surface area contributed by atoms with Gasteiger partial charge in [-0.3, -0.25) is 4.79 Å². The number of aldehydes is 1. The van der Waals surface area contributed by atoms with Crippen molar-refractivity contribution in [3.63, 3.8) is 0 Å². The molecule has 0 atom stereocenters. The minimum Gasteiger partial charge on any atom is -0.347 e. The Balaban J connectivity index is 2.91. The zero-order chi connectivity index (χ0) is 11.9. The van der Waals surface area contributed by atoms with Crippen LogP contribution in [0.5, 0.6) is 0 Å².